The zero-order valence-corrected chi connectivity index (χ0v) is 6.90. The van der Waals surface area contributed by atoms with E-state index < -0.39 is 0 Å². The minimum Gasteiger partial charge on any atom is -0.508 e. The normalized spacial score (nSPS) is 10.2. The smallest absolute Gasteiger partial charge is 0.257 e. The number of benzene rings is 1. The highest BCUT2D eigenvalue weighted by Gasteiger charge is 1.90. The fourth-order valence-corrected chi connectivity index (χ4v) is 0.805. The molecule has 1 rings (SSSR count). The molecule has 0 heterocycles. The molecular formula is C9H10N2O2. The standard InChI is InChI=1S/C9H10N2O2/c10-11-9(13)6-3-7-1-4-8(12)5-2-7/h1-6,12H,10H2,(H,11,13)/b6-3+. The van der Waals surface area contributed by atoms with E-state index in [1.54, 1.807) is 30.3 Å². The summed E-state index contributed by atoms with van der Waals surface area (Å²) in [6, 6.07) is 6.46. The van der Waals surface area contributed by atoms with Gasteiger partial charge < -0.3 is 5.11 Å². The molecule has 0 fully saturated rings. The molecule has 4 nitrogen and oxygen atoms in total. The Labute approximate surface area is 75.7 Å². The largest absolute Gasteiger partial charge is 0.508 e. The second-order valence-electron chi connectivity index (χ2n) is 2.43. The van der Waals surface area contributed by atoms with Crippen LogP contribution >= 0.6 is 0 Å². The maximum absolute atomic E-state index is 10.7. The van der Waals surface area contributed by atoms with Crippen molar-refractivity contribution >= 4 is 12.0 Å². The summed E-state index contributed by atoms with van der Waals surface area (Å²) in [6.45, 7) is 0. The molecule has 0 aliphatic carbocycles. The highest BCUT2D eigenvalue weighted by Crippen LogP contribution is 2.10. The molecule has 0 aliphatic heterocycles. The third-order valence-electron chi connectivity index (χ3n) is 1.46. The van der Waals surface area contributed by atoms with E-state index in [1.165, 1.54) is 6.08 Å². The van der Waals surface area contributed by atoms with Crippen molar-refractivity contribution in [2.45, 2.75) is 0 Å². The van der Waals surface area contributed by atoms with Gasteiger partial charge in [-0.2, -0.15) is 0 Å². The molecule has 1 amide bonds. The van der Waals surface area contributed by atoms with Crippen LogP contribution in [0.2, 0.25) is 0 Å². The SMILES string of the molecule is NNC(=O)/C=C/c1ccc(O)cc1. The summed E-state index contributed by atoms with van der Waals surface area (Å²) in [6.07, 6.45) is 2.91. The Kier molecular flexibility index (Phi) is 3.05. The summed E-state index contributed by atoms with van der Waals surface area (Å²) < 4.78 is 0. The van der Waals surface area contributed by atoms with E-state index in [-0.39, 0.29) is 11.7 Å². The zero-order valence-electron chi connectivity index (χ0n) is 6.90. The van der Waals surface area contributed by atoms with Crippen molar-refractivity contribution in [1.82, 2.24) is 5.43 Å². The van der Waals surface area contributed by atoms with E-state index in [9.17, 15) is 4.79 Å². The summed E-state index contributed by atoms with van der Waals surface area (Å²) >= 11 is 0. The Morgan fingerprint density at radius 3 is 2.54 bits per heavy atom. The molecule has 0 radical (unpaired) electrons. The van der Waals surface area contributed by atoms with Gasteiger partial charge in [-0.15, -0.1) is 0 Å². The molecule has 1 aromatic carbocycles. The fourth-order valence-electron chi connectivity index (χ4n) is 0.805. The molecule has 68 valence electrons. The number of rotatable bonds is 2. The molecule has 0 unspecified atom stereocenters. The number of nitrogens with two attached hydrogens (primary N) is 1. The third-order valence-corrected chi connectivity index (χ3v) is 1.46. The zero-order chi connectivity index (χ0) is 9.68. The molecule has 1 aromatic rings. The number of nitrogens with one attached hydrogen (secondary N) is 1. The summed E-state index contributed by atoms with van der Waals surface area (Å²) in [7, 11) is 0. The van der Waals surface area contributed by atoms with Crippen LogP contribution in [-0.4, -0.2) is 11.0 Å². The lowest BCUT2D eigenvalue weighted by Crippen LogP contribution is -2.27. The summed E-state index contributed by atoms with van der Waals surface area (Å²) in [5.41, 5.74) is 2.79. The summed E-state index contributed by atoms with van der Waals surface area (Å²) in [5.74, 6) is 4.70. The van der Waals surface area contributed by atoms with Gasteiger partial charge in [-0.25, -0.2) is 5.84 Å². The number of carbonyl (C=O) groups excluding carboxylic acids is 1. The number of hydrazine groups is 1. The van der Waals surface area contributed by atoms with Gasteiger partial charge in [0.15, 0.2) is 0 Å². The number of phenols is 1. The van der Waals surface area contributed by atoms with E-state index >= 15 is 0 Å². The van der Waals surface area contributed by atoms with E-state index in [0.717, 1.165) is 5.56 Å². The molecular weight excluding hydrogens is 168 g/mol. The predicted molar refractivity (Wildman–Crippen MR) is 49.5 cm³/mol. The van der Waals surface area contributed by atoms with Crippen molar-refractivity contribution < 1.29 is 9.90 Å². The van der Waals surface area contributed by atoms with Gasteiger partial charge >= 0.3 is 0 Å². The lowest BCUT2D eigenvalue weighted by atomic mass is 10.2. The van der Waals surface area contributed by atoms with Gasteiger partial charge in [-0.3, -0.25) is 10.2 Å². The molecule has 13 heavy (non-hydrogen) atoms. The Morgan fingerprint density at radius 1 is 1.38 bits per heavy atom. The van der Waals surface area contributed by atoms with Gasteiger partial charge in [0.1, 0.15) is 5.75 Å². The van der Waals surface area contributed by atoms with E-state index in [4.69, 9.17) is 10.9 Å². The number of hydrogen-bond acceptors (Lipinski definition) is 3. The van der Waals surface area contributed by atoms with E-state index in [0.29, 0.717) is 0 Å². The van der Waals surface area contributed by atoms with E-state index in [2.05, 4.69) is 0 Å². The lowest BCUT2D eigenvalue weighted by molar-refractivity contribution is -0.116. The highest BCUT2D eigenvalue weighted by molar-refractivity contribution is 5.91. The van der Waals surface area contributed by atoms with Crippen LogP contribution in [0.4, 0.5) is 0 Å². The van der Waals surface area contributed by atoms with Crippen LogP contribution in [0, 0.1) is 0 Å². The van der Waals surface area contributed by atoms with Gasteiger partial charge in [0, 0.05) is 6.08 Å². The van der Waals surface area contributed by atoms with Gasteiger partial charge in [-0.1, -0.05) is 12.1 Å². The number of aromatic hydroxyl groups is 1. The minimum absolute atomic E-state index is 0.195. The van der Waals surface area contributed by atoms with Gasteiger partial charge in [0.2, 0.25) is 0 Å². The first-order valence-electron chi connectivity index (χ1n) is 3.70. The first-order valence-corrected chi connectivity index (χ1v) is 3.70. The van der Waals surface area contributed by atoms with Crippen LogP contribution in [0.1, 0.15) is 5.56 Å². The number of phenolic OH excluding ortho intramolecular Hbond substituents is 1. The first kappa shape index (κ1) is 9.28. The lowest BCUT2D eigenvalue weighted by Gasteiger charge is -1.93. The molecule has 0 bridgehead atoms. The average molecular weight is 178 g/mol. The monoisotopic (exact) mass is 178 g/mol. The topological polar surface area (TPSA) is 75.3 Å². The molecule has 0 aromatic heterocycles. The Hall–Kier alpha value is -1.81. The van der Waals surface area contributed by atoms with Crippen LogP contribution in [0.25, 0.3) is 6.08 Å². The molecule has 4 heteroatoms. The molecule has 0 atom stereocenters. The number of amides is 1. The maximum atomic E-state index is 10.7. The van der Waals surface area contributed by atoms with Crippen LogP contribution in [0.3, 0.4) is 0 Å². The fraction of sp³-hybridized carbons (Fsp3) is 0. The highest BCUT2D eigenvalue weighted by atomic mass is 16.3. The second-order valence-corrected chi connectivity index (χ2v) is 2.43. The summed E-state index contributed by atoms with van der Waals surface area (Å²) in [5, 5.41) is 8.96. The minimum atomic E-state index is -0.368. The van der Waals surface area contributed by atoms with Crippen LogP contribution < -0.4 is 11.3 Å². The quantitative estimate of drug-likeness (QED) is 0.265. The summed E-state index contributed by atoms with van der Waals surface area (Å²) in [4.78, 5) is 10.7. The molecule has 0 spiro atoms. The Balaban J connectivity index is 2.69. The van der Waals surface area contributed by atoms with Crippen molar-refractivity contribution in [1.29, 1.82) is 0 Å². The van der Waals surface area contributed by atoms with Crippen molar-refractivity contribution in [2.75, 3.05) is 0 Å². The molecule has 0 saturated carbocycles. The van der Waals surface area contributed by atoms with Gasteiger partial charge in [0.25, 0.3) is 5.91 Å². The Morgan fingerprint density at radius 2 is 2.00 bits per heavy atom. The van der Waals surface area contributed by atoms with Crippen LogP contribution in [0.15, 0.2) is 30.3 Å². The second kappa shape index (κ2) is 4.27. The van der Waals surface area contributed by atoms with E-state index in [1.807, 2.05) is 5.43 Å². The van der Waals surface area contributed by atoms with Crippen molar-refractivity contribution in [3.8, 4) is 5.75 Å². The first-order chi connectivity index (χ1) is 6.22. The molecule has 0 saturated heterocycles. The third kappa shape index (κ3) is 2.96. The van der Waals surface area contributed by atoms with Gasteiger partial charge in [-0.05, 0) is 23.8 Å². The van der Waals surface area contributed by atoms with Crippen molar-refractivity contribution in [3.63, 3.8) is 0 Å². The van der Waals surface area contributed by atoms with Crippen molar-refractivity contribution in [3.05, 3.63) is 35.9 Å². The van der Waals surface area contributed by atoms with Gasteiger partial charge in [0.05, 0.1) is 0 Å². The van der Waals surface area contributed by atoms with Crippen LogP contribution in [-0.2, 0) is 4.79 Å². The average Bonchev–Trinajstić information content (AvgIpc) is 2.16. The predicted octanol–water partition coefficient (Wildman–Crippen LogP) is 0.395. The maximum Gasteiger partial charge on any atom is 0.257 e. The van der Waals surface area contributed by atoms with Crippen LogP contribution in [0.5, 0.6) is 5.75 Å². The molecule has 4 N–H and O–H groups in total. The van der Waals surface area contributed by atoms with Crippen molar-refractivity contribution in [2.24, 2.45) is 5.84 Å². The molecule has 0 aliphatic rings. The number of hydrogen-bond donors (Lipinski definition) is 3. The number of carbonyl (C=O) groups is 1. The Bertz CT molecular complexity index is 317.